The van der Waals surface area contributed by atoms with Crippen LogP contribution >= 0.6 is 11.8 Å². The maximum atomic E-state index is 2.50. The van der Waals surface area contributed by atoms with E-state index in [2.05, 4.69) is 47.4 Å². The molecular weight excluding hydrogens is 226 g/mol. The first-order valence-electron chi connectivity index (χ1n) is 6.10. The largest absolute Gasteiger partial charge is 0.339 e. The third-order valence-electron chi connectivity index (χ3n) is 3.56. The minimum absolute atomic E-state index is 1.15. The van der Waals surface area contributed by atoms with Crippen molar-refractivity contribution in [2.75, 3.05) is 11.4 Å². The van der Waals surface area contributed by atoms with Crippen LogP contribution in [0.1, 0.15) is 12.0 Å². The smallest absolute Gasteiger partial charge is 0.0585 e. The van der Waals surface area contributed by atoms with Crippen LogP contribution in [0.3, 0.4) is 0 Å². The van der Waals surface area contributed by atoms with Gasteiger partial charge in [0.25, 0.3) is 0 Å². The average Bonchev–Trinajstić information content (AvgIpc) is 2.39. The van der Waals surface area contributed by atoms with E-state index in [1.54, 1.807) is 0 Å². The highest BCUT2D eigenvalue weighted by Gasteiger charge is 2.27. The van der Waals surface area contributed by atoms with Gasteiger partial charge in [-0.15, -0.1) is 0 Å². The Balaban J connectivity index is 1.99. The van der Waals surface area contributed by atoms with Crippen LogP contribution in [0.15, 0.2) is 52.3 Å². The average molecular weight is 239 g/mol. The topological polar surface area (TPSA) is 3.24 Å². The van der Waals surface area contributed by atoms with E-state index in [-0.39, 0.29) is 0 Å². The lowest BCUT2D eigenvalue weighted by Gasteiger charge is -2.37. The van der Waals surface area contributed by atoms with Crippen molar-refractivity contribution >= 4 is 23.1 Å². The predicted octanol–water partition coefficient (Wildman–Crippen LogP) is 4.24. The van der Waals surface area contributed by atoms with Crippen LogP contribution in [0, 0.1) is 0 Å². The van der Waals surface area contributed by atoms with Crippen LogP contribution < -0.4 is 4.90 Å². The molecule has 0 saturated heterocycles. The normalized spacial score (nSPS) is 16.4. The molecule has 0 spiro atoms. The molecule has 0 aromatic heterocycles. The highest BCUT2D eigenvalue weighted by molar-refractivity contribution is 7.99. The Bertz CT molecular complexity index is 591. The molecule has 84 valence electrons. The molecule has 0 aliphatic carbocycles. The van der Waals surface area contributed by atoms with E-state index >= 15 is 0 Å². The molecule has 2 aromatic carbocycles. The zero-order valence-corrected chi connectivity index (χ0v) is 10.3. The summed E-state index contributed by atoms with van der Waals surface area (Å²) >= 11 is 1.91. The van der Waals surface area contributed by atoms with E-state index < -0.39 is 0 Å². The fourth-order valence-electron chi connectivity index (χ4n) is 2.82. The van der Waals surface area contributed by atoms with Gasteiger partial charge in [-0.25, -0.2) is 0 Å². The van der Waals surface area contributed by atoms with Crippen LogP contribution in [0.2, 0.25) is 0 Å². The molecule has 17 heavy (non-hydrogen) atoms. The van der Waals surface area contributed by atoms with Crippen molar-refractivity contribution in [1.29, 1.82) is 0 Å². The molecule has 0 bridgehead atoms. The molecule has 0 fully saturated rings. The van der Waals surface area contributed by atoms with Crippen molar-refractivity contribution < 1.29 is 0 Å². The number of fused-ring (bicyclic) bond motifs is 2. The molecule has 0 unspecified atom stereocenters. The molecule has 2 heterocycles. The summed E-state index contributed by atoms with van der Waals surface area (Å²) in [5.74, 6) is 0. The molecule has 2 aliphatic rings. The minimum Gasteiger partial charge on any atom is -0.339 e. The summed E-state index contributed by atoms with van der Waals surface area (Å²) in [4.78, 5) is 5.31. The maximum Gasteiger partial charge on any atom is 0.0585 e. The Hall–Kier alpha value is -1.41. The van der Waals surface area contributed by atoms with Crippen molar-refractivity contribution in [3.8, 4) is 0 Å². The van der Waals surface area contributed by atoms with Crippen molar-refractivity contribution in [2.45, 2.75) is 22.6 Å². The third-order valence-corrected chi connectivity index (χ3v) is 4.67. The number of para-hydroxylation sites is 2. The monoisotopic (exact) mass is 239 g/mol. The van der Waals surface area contributed by atoms with Gasteiger partial charge in [0.2, 0.25) is 0 Å². The van der Waals surface area contributed by atoms with Crippen molar-refractivity contribution in [1.82, 2.24) is 0 Å². The van der Waals surface area contributed by atoms with Crippen LogP contribution in [0.25, 0.3) is 0 Å². The van der Waals surface area contributed by atoms with Crippen LogP contribution in [-0.2, 0) is 6.42 Å². The Kier molecular flexibility index (Phi) is 2.00. The number of anilines is 2. The van der Waals surface area contributed by atoms with E-state index in [0.29, 0.717) is 0 Å². The third kappa shape index (κ3) is 1.34. The maximum absolute atomic E-state index is 2.50. The molecule has 0 amide bonds. The fourth-order valence-corrected chi connectivity index (χ4v) is 3.97. The van der Waals surface area contributed by atoms with Gasteiger partial charge in [-0.05, 0) is 36.6 Å². The molecule has 0 N–H and O–H groups in total. The summed E-state index contributed by atoms with van der Waals surface area (Å²) in [5, 5.41) is 0. The lowest BCUT2D eigenvalue weighted by Crippen LogP contribution is -2.27. The summed E-state index contributed by atoms with van der Waals surface area (Å²) in [6.45, 7) is 1.15. The Morgan fingerprint density at radius 3 is 2.82 bits per heavy atom. The van der Waals surface area contributed by atoms with Crippen molar-refractivity contribution in [3.05, 3.63) is 48.0 Å². The quantitative estimate of drug-likeness (QED) is 0.676. The standard InChI is InChI=1S/C15H13NS/c1-2-8-13-12(7-1)16-10-4-6-11-5-3-9-14(17-13)15(11)16/h1-3,5,7-9H,4,6,10H2. The predicted molar refractivity (Wildman–Crippen MR) is 72.3 cm³/mol. The second-order valence-electron chi connectivity index (χ2n) is 4.59. The number of hydrogen-bond donors (Lipinski definition) is 0. The second kappa shape index (κ2) is 3.54. The second-order valence-corrected chi connectivity index (χ2v) is 5.67. The number of benzene rings is 2. The van der Waals surface area contributed by atoms with Crippen LogP contribution in [-0.4, -0.2) is 6.54 Å². The zero-order valence-electron chi connectivity index (χ0n) is 9.52. The summed E-state index contributed by atoms with van der Waals surface area (Å²) in [6.07, 6.45) is 2.48. The van der Waals surface area contributed by atoms with E-state index in [0.717, 1.165) is 6.54 Å². The SMILES string of the molecule is c1ccc2c(c1)Sc1cccc3c1N2CCC3. The Morgan fingerprint density at radius 1 is 0.941 bits per heavy atom. The van der Waals surface area contributed by atoms with Gasteiger partial charge in [-0.2, -0.15) is 0 Å². The molecule has 0 atom stereocenters. The first-order valence-corrected chi connectivity index (χ1v) is 6.91. The Labute approximate surface area is 105 Å². The molecule has 2 aliphatic heterocycles. The molecular formula is C15H13NS. The summed E-state index contributed by atoms with van der Waals surface area (Å²) in [7, 11) is 0. The van der Waals surface area contributed by atoms with Crippen molar-refractivity contribution in [2.24, 2.45) is 0 Å². The number of aryl methyl sites for hydroxylation is 1. The van der Waals surface area contributed by atoms with Gasteiger partial charge >= 0.3 is 0 Å². The van der Waals surface area contributed by atoms with Crippen LogP contribution in [0.5, 0.6) is 0 Å². The first kappa shape index (κ1) is 9.60. The minimum atomic E-state index is 1.15. The number of nitrogens with zero attached hydrogens (tertiary/aromatic N) is 1. The molecule has 0 radical (unpaired) electrons. The number of hydrogen-bond acceptors (Lipinski definition) is 2. The van der Waals surface area contributed by atoms with E-state index in [9.17, 15) is 0 Å². The van der Waals surface area contributed by atoms with Gasteiger partial charge in [0.1, 0.15) is 0 Å². The summed E-state index contributed by atoms with van der Waals surface area (Å²) in [6, 6.07) is 15.5. The molecule has 4 rings (SSSR count). The zero-order chi connectivity index (χ0) is 11.2. The lowest BCUT2D eigenvalue weighted by atomic mass is 10.0. The van der Waals surface area contributed by atoms with Gasteiger partial charge < -0.3 is 4.90 Å². The summed E-state index contributed by atoms with van der Waals surface area (Å²) in [5.41, 5.74) is 4.36. The highest BCUT2D eigenvalue weighted by atomic mass is 32.2. The molecule has 2 heteroatoms. The number of rotatable bonds is 0. The lowest BCUT2D eigenvalue weighted by molar-refractivity contribution is 0.752. The van der Waals surface area contributed by atoms with Gasteiger partial charge in [0.05, 0.1) is 11.4 Å². The molecule has 2 aromatic rings. The fraction of sp³-hybridized carbons (Fsp3) is 0.200. The van der Waals surface area contributed by atoms with Gasteiger partial charge in [0.15, 0.2) is 0 Å². The van der Waals surface area contributed by atoms with Gasteiger partial charge in [-0.3, -0.25) is 0 Å². The Morgan fingerprint density at radius 2 is 1.82 bits per heavy atom. The van der Waals surface area contributed by atoms with E-state index in [1.165, 1.54) is 39.6 Å². The highest BCUT2D eigenvalue weighted by Crippen LogP contribution is 2.50. The first-order chi connectivity index (χ1) is 8.43. The van der Waals surface area contributed by atoms with Gasteiger partial charge in [0, 0.05) is 16.3 Å². The van der Waals surface area contributed by atoms with Crippen molar-refractivity contribution in [3.63, 3.8) is 0 Å². The summed E-state index contributed by atoms with van der Waals surface area (Å²) < 4.78 is 0. The van der Waals surface area contributed by atoms with Gasteiger partial charge in [-0.1, -0.05) is 36.0 Å². The molecule has 1 nitrogen and oxygen atoms in total. The van der Waals surface area contributed by atoms with Crippen LogP contribution in [0.4, 0.5) is 11.4 Å². The van der Waals surface area contributed by atoms with E-state index in [1.807, 2.05) is 11.8 Å². The van der Waals surface area contributed by atoms with E-state index in [4.69, 9.17) is 0 Å². The molecule has 0 saturated carbocycles.